The van der Waals surface area contributed by atoms with Crippen molar-refractivity contribution in [2.45, 2.75) is 64.3 Å². The highest BCUT2D eigenvalue weighted by molar-refractivity contribution is 5.13. The zero-order valence-corrected chi connectivity index (χ0v) is 9.95. The summed E-state index contributed by atoms with van der Waals surface area (Å²) in [4.78, 5) is 4.30. The van der Waals surface area contributed by atoms with Gasteiger partial charge in [0.1, 0.15) is 0 Å². The fourth-order valence-electron chi connectivity index (χ4n) is 2.21. The standard InChI is InChI=1S/C13H22N2/c1-3-4-5-6-11(2)15-10-14-9-13(15)12-7-8-12/h9-12H,3-8H2,1-2H3. The summed E-state index contributed by atoms with van der Waals surface area (Å²) in [6.07, 6.45) is 12.1. The summed E-state index contributed by atoms with van der Waals surface area (Å²) in [6, 6.07) is 0.634. The highest BCUT2D eigenvalue weighted by Gasteiger charge is 2.27. The molecule has 15 heavy (non-hydrogen) atoms. The van der Waals surface area contributed by atoms with Gasteiger partial charge in [-0.15, -0.1) is 0 Å². The maximum Gasteiger partial charge on any atom is 0.0950 e. The maximum atomic E-state index is 4.30. The van der Waals surface area contributed by atoms with Gasteiger partial charge >= 0.3 is 0 Å². The van der Waals surface area contributed by atoms with E-state index in [0.717, 1.165) is 5.92 Å². The maximum absolute atomic E-state index is 4.30. The van der Waals surface area contributed by atoms with Crippen molar-refractivity contribution in [3.05, 3.63) is 18.2 Å². The van der Waals surface area contributed by atoms with E-state index in [-0.39, 0.29) is 0 Å². The number of hydrogen-bond acceptors (Lipinski definition) is 1. The van der Waals surface area contributed by atoms with Gasteiger partial charge in [-0.2, -0.15) is 0 Å². The zero-order chi connectivity index (χ0) is 10.7. The van der Waals surface area contributed by atoms with Crippen LogP contribution in [0.2, 0.25) is 0 Å². The van der Waals surface area contributed by atoms with Crippen LogP contribution in [0.25, 0.3) is 0 Å². The summed E-state index contributed by atoms with van der Waals surface area (Å²) in [5.41, 5.74) is 1.47. The minimum Gasteiger partial charge on any atom is -0.332 e. The Morgan fingerprint density at radius 2 is 2.27 bits per heavy atom. The van der Waals surface area contributed by atoms with E-state index in [1.165, 1.54) is 44.2 Å². The number of unbranched alkanes of at least 4 members (excludes halogenated alkanes) is 2. The molecule has 2 rings (SSSR count). The van der Waals surface area contributed by atoms with Gasteiger partial charge in [0.2, 0.25) is 0 Å². The molecular weight excluding hydrogens is 184 g/mol. The average Bonchev–Trinajstić information content (AvgIpc) is 2.96. The lowest BCUT2D eigenvalue weighted by Gasteiger charge is -2.16. The van der Waals surface area contributed by atoms with Crippen molar-refractivity contribution in [2.24, 2.45) is 0 Å². The van der Waals surface area contributed by atoms with Gasteiger partial charge in [-0.1, -0.05) is 26.2 Å². The van der Waals surface area contributed by atoms with Gasteiger partial charge < -0.3 is 4.57 Å². The normalized spacial score (nSPS) is 18.0. The molecule has 1 heterocycles. The molecule has 0 aromatic carbocycles. The largest absolute Gasteiger partial charge is 0.332 e. The van der Waals surface area contributed by atoms with Crippen LogP contribution in [0, 0.1) is 0 Å². The van der Waals surface area contributed by atoms with Crippen molar-refractivity contribution in [3.8, 4) is 0 Å². The van der Waals surface area contributed by atoms with E-state index in [1.54, 1.807) is 0 Å². The molecule has 0 saturated heterocycles. The van der Waals surface area contributed by atoms with Crippen LogP contribution in [-0.2, 0) is 0 Å². The summed E-state index contributed by atoms with van der Waals surface area (Å²) in [5.74, 6) is 0.820. The Morgan fingerprint density at radius 3 is 2.93 bits per heavy atom. The highest BCUT2D eigenvalue weighted by Crippen LogP contribution is 2.40. The molecule has 0 N–H and O–H groups in total. The summed E-state index contributed by atoms with van der Waals surface area (Å²) in [7, 11) is 0. The van der Waals surface area contributed by atoms with Gasteiger partial charge in [0.05, 0.1) is 6.33 Å². The SMILES string of the molecule is CCCCCC(C)n1cncc1C1CC1. The molecule has 0 radical (unpaired) electrons. The van der Waals surface area contributed by atoms with Crippen LogP contribution in [0.1, 0.15) is 70.0 Å². The molecule has 1 aromatic rings. The smallest absolute Gasteiger partial charge is 0.0950 e. The molecule has 2 nitrogen and oxygen atoms in total. The molecule has 1 aromatic heterocycles. The second-order valence-electron chi connectivity index (χ2n) is 4.84. The molecular formula is C13H22N2. The van der Waals surface area contributed by atoms with E-state index in [4.69, 9.17) is 0 Å². The van der Waals surface area contributed by atoms with Crippen LogP contribution in [0.5, 0.6) is 0 Å². The lowest BCUT2D eigenvalue weighted by atomic mass is 10.1. The highest BCUT2D eigenvalue weighted by atomic mass is 15.1. The Kier molecular flexibility index (Phi) is 3.45. The fraction of sp³-hybridized carbons (Fsp3) is 0.769. The molecule has 0 spiro atoms. The molecule has 1 fully saturated rings. The van der Waals surface area contributed by atoms with E-state index in [0.29, 0.717) is 6.04 Å². The molecule has 1 unspecified atom stereocenters. The number of imidazole rings is 1. The summed E-state index contributed by atoms with van der Waals surface area (Å²) in [6.45, 7) is 4.58. The predicted octanol–water partition coefficient (Wildman–Crippen LogP) is 3.90. The van der Waals surface area contributed by atoms with Crippen LogP contribution < -0.4 is 0 Å². The first kappa shape index (κ1) is 10.7. The summed E-state index contributed by atoms with van der Waals surface area (Å²) < 4.78 is 2.40. The Hall–Kier alpha value is -0.790. The fourth-order valence-corrected chi connectivity index (χ4v) is 2.21. The Labute approximate surface area is 92.7 Å². The predicted molar refractivity (Wildman–Crippen MR) is 63.1 cm³/mol. The van der Waals surface area contributed by atoms with Crippen LogP contribution in [0.4, 0.5) is 0 Å². The summed E-state index contributed by atoms with van der Waals surface area (Å²) >= 11 is 0. The third-order valence-corrected chi connectivity index (χ3v) is 3.39. The monoisotopic (exact) mass is 206 g/mol. The molecule has 2 heteroatoms. The van der Waals surface area contributed by atoms with E-state index in [2.05, 4.69) is 29.6 Å². The number of rotatable bonds is 6. The number of aromatic nitrogens is 2. The van der Waals surface area contributed by atoms with Crippen LogP contribution in [0.3, 0.4) is 0 Å². The van der Waals surface area contributed by atoms with Crippen molar-refractivity contribution in [3.63, 3.8) is 0 Å². The van der Waals surface area contributed by atoms with Crippen molar-refractivity contribution in [1.29, 1.82) is 0 Å². The molecule has 0 amide bonds. The number of nitrogens with zero attached hydrogens (tertiary/aromatic N) is 2. The third-order valence-electron chi connectivity index (χ3n) is 3.39. The van der Waals surface area contributed by atoms with E-state index in [1.807, 2.05) is 6.33 Å². The van der Waals surface area contributed by atoms with E-state index >= 15 is 0 Å². The van der Waals surface area contributed by atoms with Crippen molar-refractivity contribution in [1.82, 2.24) is 9.55 Å². The molecule has 84 valence electrons. The molecule has 1 saturated carbocycles. The lowest BCUT2D eigenvalue weighted by Crippen LogP contribution is -2.07. The minimum atomic E-state index is 0.634. The van der Waals surface area contributed by atoms with Gasteiger partial charge in [0.25, 0.3) is 0 Å². The second-order valence-corrected chi connectivity index (χ2v) is 4.84. The van der Waals surface area contributed by atoms with Crippen molar-refractivity contribution in [2.75, 3.05) is 0 Å². The lowest BCUT2D eigenvalue weighted by molar-refractivity contribution is 0.465. The minimum absolute atomic E-state index is 0.634. The van der Waals surface area contributed by atoms with Gasteiger partial charge in [-0.25, -0.2) is 4.98 Å². The van der Waals surface area contributed by atoms with Gasteiger partial charge in [0.15, 0.2) is 0 Å². The average molecular weight is 206 g/mol. The van der Waals surface area contributed by atoms with Crippen LogP contribution in [0.15, 0.2) is 12.5 Å². The first-order valence-electron chi connectivity index (χ1n) is 6.34. The third kappa shape index (κ3) is 2.61. The van der Waals surface area contributed by atoms with Gasteiger partial charge in [-0.3, -0.25) is 0 Å². The number of hydrogen-bond donors (Lipinski definition) is 0. The van der Waals surface area contributed by atoms with E-state index in [9.17, 15) is 0 Å². The quantitative estimate of drug-likeness (QED) is 0.645. The topological polar surface area (TPSA) is 17.8 Å². The Morgan fingerprint density at radius 1 is 1.47 bits per heavy atom. The first-order valence-corrected chi connectivity index (χ1v) is 6.34. The Bertz CT molecular complexity index is 299. The van der Waals surface area contributed by atoms with Crippen molar-refractivity contribution < 1.29 is 0 Å². The zero-order valence-electron chi connectivity index (χ0n) is 9.95. The Balaban J connectivity index is 1.92. The second kappa shape index (κ2) is 4.82. The van der Waals surface area contributed by atoms with Gasteiger partial charge in [0, 0.05) is 23.9 Å². The molecule has 0 bridgehead atoms. The molecule has 1 atom stereocenters. The van der Waals surface area contributed by atoms with Gasteiger partial charge in [-0.05, 0) is 26.2 Å². The van der Waals surface area contributed by atoms with Crippen LogP contribution in [-0.4, -0.2) is 9.55 Å². The summed E-state index contributed by atoms with van der Waals surface area (Å²) in [5, 5.41) is 0. The van der Waals surface area contributed by atoms with Crippen molar-refractivity contribution >= 4 is 0 Å². The van der Waals surface area contributed by atoms with E-state index < -0.39 is 0 Å². The first-order chi connectivity index (χ1) is 7.33. The molecule has 0 aliphatic heterocycles. The molecule has 1 aliphatic carbocycles. The molecule has 1 aliphatic rings. The van der Waals surface area contributed by atoms with Crippen LogP contribution >= 0.6 is 0 Å².